The molecule has 0 aliphatic rings. The summed E-state index contributed by atoms with van der Waals surface area (Å²) in [5, 5.41) is 2.66. The van der Waals surface area contributed by atoms with Crippen molar-refractivity contribution in [1.29, 1.82) is 0 Å². The van der Waals surface area contributed by atoms with Crippen molar-refractivity contribution in [2.24, 2.45) is 0 Å². The molecule has 0 aliphatic heterocycles. The van der Waals surface area contributed by atoms with Crippen molar-refractivity contribution < 1.29 is 19.2 Å². The SMILES string of the molecule is COC(=O)NCCc1cc(Br)c(OCCC[NH+](C)C)c(Br)c1. The molecule has 0 atom stereocenters. The number of carbonyl (C=O) groups is 1. The van der Waals surface area contributed by atoms with Crippen molar-refractivity contribution in [3.8, 4) is 5.75 Å². The summed E-state index contributed by atoms with van der Waals surface area (Å²) in [6, 6.07) is 4.02. The van der Waals surface area contributed by atoms with Gasteiger partial charge in [0.2, 0.25) is 0 Å². The van der Waals surface area contributed by atoms with Gasteiger partial charge in [0.05, 0.1) is 43.3 Å². The van der Waals surface area contributed by atoms with Gasteiger partial charge in [-0.25, -0.2) is 4.79 Å². The quantitative estimate of drug-likeness (QED) is 0.610. The molecule has 1 rings (SSSR count). The van der Waals surface area contributed by atoms with E-state index < -0.39 is 6.09 Å². The van der Waals surface area contributed by atoms with E-state index in [4.69, 9.17) is 4.74 Å². The van der Waals surface area contributed by atoms with Gasteiger partial charge in [-0.05, 0) is 56.0 Å². The highest BCUT2D eigenvalue weighted by molar-refractivity contribution is 9.11. The average molecular weight is 439 g/mol. The standard InChI is InChI=1S/C15H22Br2N2O3/c1-19(2)7-4-8-22-14-12(16)9-11(10-13(14)17)5-6-18-15(20)21-3/h9-10H,4-8H2,1-3H3,(H,18,20)/p+1. The molecule has 124 valence electrons. The van der Waals surface area contributed by atoms with Crippen molar-refractivity contribution in [3.05, 3.63) is 26.6 Å². The molecule has 2 N–H and O–H groups in total. The first kappa shape index (κ1) is 19.3. The summed E-state index contributed by atoms with van der Waals surface area (Å²) in [7, 11) is 5.61. The van der Waals surface area contributed by atoms with Crippen LogP contribution in [0.5, 0.6) is 5.75 Å². The Hall–Kier alpha value is -0.790. The second-order valence-corrected chi connectivity index (χ2v) is 6.92. The molecular weight excluding hydrogens is 416 g/mol. The Labute approximate surface area is 148 Å². The number of carbonyl (C=O) groups excluding carboxylic acids is 1. The summed E-state index contributed by atoms with van der Waals surface area (Å²) in [5.74, 6) is 0.818. The summed E-state index contributed by atoms with van der Waals surface area (Å²) >= 11 is 7.08. The number of halogens is 2. The van der Waals surface area contributed by atoms with E-state index in [0.29, 0.717) is 13.2 Å². The third kappa shape index (κ3) is 6.98. The van der Waals surface area contributed by atoms with Gasteiger partial charge in [0, 0.05) is 13.0 Å². The third-order valence-electron chi connectivity index (χ3n) is 2.99. The van der Waals surface area contributed by atoms with Gasteiger partial charge in [-0.15, -0.1) is 0 Å². The summed E-state index contributed by atoms with van der Waals surface area (Å²) in [6.07, 6.45) is 1.31. The lowest BCUT2D eigenvalue weighted by molar-refractivity contribution is -0.858. The van der Waals surface area contributed by atoms with Crippen molar-refractivity contribution in [2.75, 3.05) is 40.9 Å². The van der Waals surface area contributed by atoms with Crippen molar-refractivity contribution in [3.63, 3.8) is 0 Å². The number of hydrogen-bond acceptors (Lipinski definition) is 3. The van der Waals surface area contributed by atoms with E-state index in [9.17, 15) is 4.79 Å². The van der Waals surface area contributed by atoms with Crippen LogP contribution in [0.3, 0.4) is 0 Å². The zero-order valence-electron chi connectivity index (χ0n) is 13.2. The van der Waals surface area contributed by atoms with Crippen molar-refractivity contribution in [2.45, 2.75) is 12.8 Å². The minimum atomic E-state index is -0.416. The highest BCUT2D eigenvalue weighted by atomic mass is 79.9. The molecule has 0 saturated heterocycles. The number of nitrogens with one attached hydrogen (secondary N) is 2. The average Bonchev–Trinajstić information content (AvgIpc) is 2.45. The van der Waals surface area contributed by atoms with Crippen LogP contribution in [0.25, 0.3) is 0 Å². The molecule has 0 unspecified atom stereocenters. The topological polar surface area (TPSA) is 52.0 Å². The molecule has 0 heterocycles. The maximum absolute atomic E-state index is 11.0. The molecule has 1 aromatic rings. The molecule has 0 aliphatic carbocycles. The summed E-state index contributed by atoms with van der Waals surface area (Å²) in [5.41, 5.74) is 1.10. The van der Waals surface area contributed by atoms with Crippen molar-refractivity contribution >= 4 is 38.0 Å². The first-order valence-electron chi connectivity index (χ1n) is 7.15. The number of amides is 1. The van der Waals surface area contributed by atoms with Crippen LogP contribution in [-0.2, 0) is 11.2 Å². The molecule has 0 spiro atoms. The van der Waals surface area contributed by atoms with Crippen LogP contribution in [0.15, 0.2) is 21.1 Å². The number of alkyl carbamates (subject to hydrolysis) is 1. The Morgan fingerprint density at radius 3 is 2.45 bits per heavy atom. The van der Waals surface area contributed by atoms with Gasteiger partial charge >= 0.3 is 6.09 Å². The third-order valence-corrected chi connectivity index (χ3v) is 4.17. The number of hydrogen-bond donors (Lipinski definition) is 2. The molecule has 7 heteroatoms. The zero-order chi connectivity index (χ0) is 16.5. The second kappa shape index (κ2) is 10.1. The predicted octanol–water partition coefficient (Wildman–Crippen LogP) is 2.02. The minimum Gasteiger partial charge on any atom is -0.491 e. The van der Waals surface area contributed by atoms with Gasteiger partial charge in [0.25, 0.3) is 0 Å². The van der Waals surface area contributed by atoms with Crippen LogP contribution in [-0.4, -0.2) is 47.0 Å². The minimum absolute atomic E-state index is 0.416. The summed E-state index contributed by atoms with van der Waals surface area (Å²) in [6.45, 7) is 2.29. The highest BCUT2D eigenvalue weighted by Gasteiger charge is 2.10. The molecule has 1 amide bonds. The fourth-order valence-corrected chi connectivity index (χ4v) is 3.39. The molecule has 0 fully saturated rings. The first-order valence-corrected chi connectivity index (χ1v) is 8.74. The number of quaternary nitrogens is 1. The maximum atomic E-state index is 11.0. The van der Waals surface area contributed by atoms with Gasteiger partial charge in [0.1, 0.15) is 5.75 Å². The maximum Gasteiger partial charge on any atom is 0.406 e. The second-order valence-electron chi connectivity index (χ2n) is 5.22. The van der Waals surface area contributed by atoms with Crippen molar-refractivity contribution in [1.82, 2.24) is 5.32 Å². The van der Waals surface area contributed by atoms with Gasteiger partial charge in [-0.3, -0.25) is 0 Å². The highest BCUT2D eigenvalue weighted by Crippen LogP contribution is 2.35. The van der Waals surface area contributed by atoms with E-state index in [0.717, 1.165) is 39.6 Å². The fourth-order valence-electron chi connectivity index (χ4n) is 1.88. The van der Waals surface area contributed by atoms with Crippen LogP contribution in [0.1, 0.15) is 12.0 Å². The van der Waals surface area contributed by atoms with Crippen LogP contribution in [0, 0.1) is 0 Å². The van der Waals surface area contributed by atoms with Crippen LogP contribution >= 0.6 is 31.9 Å². The van der Waals surface area contributed by atoms with E-state index in [1.165, 1.54) is 12.0 Å². The van der Waals surface area contributed by atoms with Crippen LogP contribution in [0.4, 0.5) is 4.79 Å². The molecule has 5 nitrogen and oxygen atoms in total. The molecular formula is C15H23Br2N2O3+. The number of benzene rings is 1. The number of methoxy groups -OCH3 is 1. The Morgan fingerprint density at radius 2 is 1.91 bits per heavy atom. The van der Waals surface area contributed by atoms with Gasteiger partial charge < -0.3 is 19.7 Å². The lowest BCUT2D eigenvalue weighted by Gasteiger charge is -2.13. The van der Waals surface area contributed by atoms with Crippen LogP contribution in [0.2, 0.25) is 0 Å². The molecule has 22 heavy (non-hydrogen) atoms. The number of rotatable bonds is 8. The summed E-state index contributed by atoms with van der Waals surface area (Å²) < 4.78 is 12.2. The van der Waals surface area contributed by atoms with E-state index in [1.807, 2.05) is 12.1 Å². The monoisotopic (exact) mass is 437 g/mol. The summed E-state index contributed by atoms with van der Waals surface area (Å²) in [4.78, 5) is 12.4. The zero-order valence-corrected chi connectivity index (χ0v) is 16.3. The molecule has 0 radical (unpaired) electrons. The van der Waals surface area contributed by atoms with Gasteiger partial charge in [-0.2, -0.15) is 0 Å². The Bertz CT molecular complexity index is 473. The lowest BCUT2D eigenvalue weighted by atomic mass is 10.1. The largest absolute Gasteiger partial charge is 0.491 e. The molecule has 1 aromatic carbocycles. The van der Waals surface area contributed by atoms with E-state index in [1.54, 1.807) is 0 Å². The fraction of sp³-hybridized carbons (Fsp3) is 0.533. The van der Waals surface area contributed by atoms with Gasteiger partial charge in [0.15, 0.2) is 0 Å². The van der Waals surface area contributed by atoms with E-state index >= 15 is 0 Å². The van der Waals surface area contributed by atoms with E-state index in [2.05, 4.69) is 56.0 Å². The van der Waals surface area contributed by atoms with Crippen LogP contribution < -0.4 is 15.0 Å². The first-order chi connectivity index (χ1) is 10.4. The normalized spacial score (nSPS) is 10.6. The predicted molar refractivity (Wildman–Crippen MR) is 93.7 cm³/mol. The molecule has 0 bridgehead atoms. The Kier molecular flexibility index (Phi) is 8.82. The smallest absolute Gasteiger partial charge is 0.406 e. The lowest BCUT2D eigenvalue weighted by Crippen LogP contribution is -3.05. The van der Waals surface area contributed by atoms with E-state index in [-0.39, 0.29) is 0 Å². The van der Waals surface area contributed by atoms with Gasteiger partial charge in [-0.1, -0.05) is 0 Å². The Morgan fingerprint density at radius 1 is 1.27 bits per heavy atom. The number of ether oxygens (including phenoxy) is 2. The molecule has 0 saturated carbocycles. The Balaban J connectivity index is 2.54. The molecule has 0 aromatic heterocycles.